The van der Waals surface area contributed by atoms with Crippen molar-refractivity contribution in [1.29, 1.82) is 0 Å². The zero-order valence-corrected chi connectivity index (χ0v) is 15.3. The topological polar surface area (TPSA) is 134 Å². The van der Waals surface area contributed by atoms with Crippen LogP contribution in [0.15, 0.2) is 34.0 Å². The van der Waals surface area contributed by atoms with Gasteiger partial charge in [-0.2, -0.15) is 0 Å². The van der Waals surface area contributed by atoms with Crippen molar-refractivity contribution in [2.75, 3.05) is 11.1 Å². The molecule has 0 radical (unpaired) electrons. The highest BCUT2D eigenvalue weighted by molar-refractivity contribution is 7.21. The predicted octanol–water partition coefficient (Wildman–Crippen LogP) is 2.28. The number of nitrogen functional groups attached to an aromatic ring is 1. The van der Waals surface area contributed by atoms with E-state index in [1.54, 1.807) is 0 Å². The van der Waals surface area contributed by atoms with Crippen molar-refractivity contribution < 1.29 is 4.79 Å². The number of thiophene rings is 1. The van der Waals surface area contributed by atoms with Gasteiger partial charge < -0.3 is 16.0 Å². The maximum atomic E-state index is 12.6. The average Bonchev–Trinajstić information content (AvgIpc) is 2.96. The van der Waals surface area contributed by atoms with Crippen molar-refractivity contribution >= 4 is 49.7 Å². The lowest BCUT2D eigenvalue weighted by Gasteiger charge is -2.05. The third-order valence-corrected chi connectivity index (χ3v) is 5.49. The third kappa shape index (κ3) is 2.77. The molecule has 0 aliphatic carbocycles. The van der Waals surface area contributed by atoms with E-state index in [0.717, 1.165) is 39.6 Å². The van der Waals surface area contributed by atoms with Crippen LogP contribution in [0.3, 0.4) is 0 Å². The van der Waals surface area contributed by atoms with Gasteiger partial charge in [0.25, 0.3) is 11.5 Å². The van der Waals surface area contributed by atoms with Gasteiger partial charge in [-0.05, 0) is 31.0 Å². The minimum Gasteiger partial charge on any atom is -0.397 e. The molecule has 0 fully saturated rings. The van der Waals surface area contributed by atoms with Crippen LogP contribution in [0.2, 0.25) is 0 Å². The number of H-pyrrole nitrogens is 2. The van der Waals surface area contributed by atoms with Gasteiger partial charge in [0.15, 0.2) is 0 Å². The summed E-state index contributed by atoms with van der Waals surface area (Å²) >= 11 is 1.16. The number of fused-ring (bicyclic) bond motifs is 2. The van der Waals surface area contributed by atoms with Gasteiger partial charge in [0.1, 0.15) is 15.4 Å². The van der Waals surface area contributed by atoms with Gasteiger partial charge in [-0.15, -0.1) is 11.3 Å². The van der Waals surface area contributed by atoms with Crippen molar-refractivity contribution in [3.8, 4) is 0 Å². The molecule has 0 spiro atoms. The first-order valence-corrected chi connectivity index (χ1v) is 8.89. The van der Waals surface area contributed by atoms with Gasteiger partial charge in [-0.25, -0.2) is 9.78 Å². The lowest BCUT2D eigenvalue weighted by Crippen LogP contribution is -2.26. The summed E-state index contributed by atoms with van der Waals surface area (Å²) in [5.74, 6) is -0.537. The minimum atomic E-state index is -0.693. The number of benzene rings is 1. The van der Waals surface area contributed by atoms with Gasteiger partial charge in [-0.3, -0.25) is 14.6 Å². The second-order valence-electron chi connectivity index (χ2n) is 6.22. The zero-order valence-electron chi connectivity index (χ0n) is 14.5. The molecule has 1 amide bonds. The first-order valence-electron chi connectivity index (χ1n) is 8.07. The van der Waals surface area contributed by atoms with Crippen molar-refractivity contribution in [3.05, 3.63) is 61.2 Å². The summed E-state index contributed by atoms with van der Waals surface area (Å²) in [6.45, 7) is 3.97. The van der Waals surface area contributed by atoms with Crippen LogP contribution in [0.25, 0.3) is 21.1 Å². The molecule has 0 aliphatic heterocycles. The molecule has 0 bridgehead atoms. The smallest absolute Gasteiger partial charge is 0.325 e. The first kappa shape index (κ1) is 17.0. The molecule has 8 nitrogen and oxygen atoms in total. The van der Waals surface area contributed by atoms with Crippen molar-refractivity contribution in [1.82, 2.24) is 15.0 Å². The second kappa shape index (κ2) is 6.06. The molecular formula is C18H15N5O3S. The fourth-order valence-electron chi connectivity index (χ4n) is 2.91. The van der Waals surface area contributed by atoms with Crippen molar-refractivity contribution in [2.24, 2.45) is 0 Å². The Labute approximate surface area is 156 Å². The highest BCUT2D eigenvalue weighted by Gasteiger charge is 2.19. The molecule has 4 aromatic rings. The van der Waals surface area contributed by atoms with Crippen LogP contribution in [-0.4, -0.2) is 20.9 Å². The Hall–Kier alpha value is -3.46. The average molecular weight is 381 g/mol. The number of anilines is 2. The summed E-state index contributed by atoms with van der Waals surface area (Å²) < 4.78 is 0. The number of carbonyl (C=O) groups is 1. The number of aryl methyl sites for hydroxylation is 2. The van der Waals surface area contributed by atoms with E-state index in [1.807, 2.05) is 37.0 Å². The number of amides is 1. The second-order valence-corrected chi connectivity index (χ2v) is 7.22. The lowest BCUT2D eigenvalue weighted by molar-refractivity contribution is 0.103. The van der Waals surface area contributed by atoms with E-state index in [1.165, 1.54) is 0 Å². The highest BCUT2D eigenvalue weighted by Crippen LogP contribution is 2.36. The van der Waals surface area contributed by atoms with Gasteiger partial charge >= 0.3 is 5.69 Å². The van der Waals surface area contributed by atoms with E-state index in [-0.39, 0.29) is 10.6 Å². The van der Waals surface area contributed by atoms with Gasteiger partial charge in [0.05, 0.1) is 11.2 Å². The number of hydrogen-bond donors (Lipinski definition) is 4. The number of rotatable bonds is 2. The number of nitrogens with one attached hydrogen (secondary N) is 3. The van der Waals surface area contributed by atoms with Crippen LogP contribution in [0.4, 0.5) is 11.4 Å². The van der Waals surface area contributed by atoms with E-state index in [2.05, 4.69) is 15.3 Å². The molecule has 0 unspecified atom stereocenters. The predicted molar refractivity (Wildman–Crippen MR) is 107 cm³/mol. The molecule has 0 atom stereocenters. The molecule has 1 aromatic carbocycles. The molecule has 136 valence electrons. The molecule has 0 saturated carbocycles. The van der Waals surface area contributed by atoms with E-state index in [4.69, 9.17) is 5.73 Å². The van der Waals surface area contributed by atoms with Crippen LogP contribution < -0.4 is 22.3 Å². The molecule has 4 rings (SSSR count). The number of carbonyl (C=O) groups excluding carboxylic acids is 1. The van der Waals surface area contributed by atoms with E-state index in [9.17, 15) is 14.4 Å². The fraction of sp³-hybridized carbons (Fsp3) is 0.111. The Morgan fingerprint density at radius 2 is 1.93 bits per heavy atom. The van der Waals surface area contributed by atoms with Gasteiger partial charge in [-0.1, -0.05) is 12.1 Å². The van der Waals surface area contributed by atoms with Crippen molar-refractivity contribution in [3.63, 3.8) is 0 Å². The Morgan fingerprint density at radius 3 is 2.67 bits per heavy atom. The van der Waals surface area contributed by atoms with Crippen molar-refractivity contribution in [2.45, 2.75) is 13.8 Å². The summed E-state index contributed by atoms with van der Waals surface area (Å²) in [5, 5.41) is 4.15. The first-order chi connectivity index (χ1) is 12.8. The summed E-state index contributed by atoms with van der Waals surface area (Å²) in [5.41, 5.74) is 8.07. The number of aromatic amines is 2. The van der Waals surface area contributed by atoms with Crippen LogP contribution in [0.1, 0.15) is 20.8 Å². The number of nitrogens with two attached hydrogens (primary N) is 1. The molecule has 3 heterocycles. The van der Waals surface area contributed by atoms with E-state index in [0.29, 0.717) is 15.9 Å². The van der Waals surface area contributed by atoms with Gasteiger partial charge in [0.2, 0.25) is 0 Å². The maximum Gasteiger partial charge on any atom is 0.325 e. The van der Waals surface area contributed by atoms with Gasteiger partial charge in [0, 0.05) is 17.0 Å². The summed E-state index contributed by atoms with van der Waals surface area (Å²) in [7, 11) is 0. The largest absolute Gasteiger partial charge is 0.397 e. The zero-order chi connectivity index (χ0) is 19.3. The van der Waals surface area contributed by atoms with Crippen LogP contribution in [0.5, 0.6) is 0 Å². The molecule has 9 heteroatoms. The summed E-state index contributed by atoms with van der Waals surface area (Å²) in [6.07, 6.45) is 1.14. The molecule has 3 aromatic heterocycles. The maximum absolute atomic E-state index is 12.6. The Kier molecular flexibility index (Phi) is 3.81. The van der Waals surface area contributed by atoms with E-state index < -0.39 is 17.2 Å². The number of hydrogen-bond acceptors (Lipinski definition) is 6. The van der Waals surface area contributed by atoms with Crippen LogP contribution >= 0.6 is 11.3 Å². The third-order valence-electron chi connectivity index (χ3n) is 4.38. The monoisotopic (exact) mass is 381 g/mol. The van der Waals surface area contributed by atoms with Crippen LogP contribution in [-0.2, 0) is 0 Å². The Morgan fingerprint density at radius 1 is 1.19 bits per heavy atom. The lowest BCUT2D eigenvalue weighted by atomic mass is 10.0. The minimum absolute atomic E-state index is 0.0683. The molecule has 0 aliphatic rings. The SMILES string of the molecule is Cc1ccc(C)c2nc3sc(C(=O)Nc4c[nH]c(=O)[nH]c4=O)c(N)c3cc12. The fourth-order valence-corrected chi connectivity index (χ4v) is 3.88. The van der Waals surface area contributed by atoms with E-state index >= 15 is 0 Å². The molecular weight excluding hydrogens is 366 g/mol. The molecule has 0 saturated heterocycles. The number of nitrogens with zero attached hydrogens (tertiary/aromatic N) is 1. The normalized spacial score (nSPS) is 11.2. The Balaban J connectivity index is 1.83. The quantitative estimate of drug-likeness (QED) is 0.423. The van der Waals surface area contributed by atoms with Crippen LogP contribution in [0, 0.1) is 13.8 Å². The standard InChI is InChI=1S/C18H15N5O3S/c1-7-3-4-8(2)13-9(7)5-10-12(19)14(27-17(10)22-13)16(25)21-11-6-20-18(26)23-15(11)24/h3-6H,19H2,1-2H3,(H,21,25)(H2,20,23,24,26). The Bertz CT molecular complexity index is 1350. The number of pyridine rings is 1. The number of aromatic nitrogens is 3. The summed E-state index contributed by atoms with van der Waals surface area (Å²) in [4.78, 5) is 45.4. The summed E-state index contributed by atoms with van der Waals surface area (Å²) in [6, 6.07) is 5.96. The molecule has 5 N–H and O–H groups in total. The highest BCUT2D eigenvalue weighted by atomic mass is 32.1. The molecule has 27 heavy (non-hydrogen) atoms.